The monoisotopic (exact) mass is 757 g/mol. The second-order valence-corrected chi connectivity index (χ2v) is 14.9. The lowest BCUT2D eigenvalue weighted by Gasteiger charge is -2.28. The molecule has 0 aliphatic heterocycles. The van der Waals surface area contributed by atoms with Gasteiger partial charge in [-0.1, -0.05) is 71.9 Å². The van der Waals surface area contributed by atoms with Gasteiger partial charge in [0.25, 0.3) is 0 Å². The Morgan fingerprint density at radius 1 is 0.630 bits per heavy atom. The number of carbonyl (C=O) groups is 7. The zero-order valence-electron chi connectivity index (χ0n) is 33.1. The summed E-state index contributed by atoms with van der Waals surface area (Å²) >= 11 is 0. The van der Waals surface area contributed by atoms with E-state index in [-0.39, 0.29) is 62.4 Å². The van der Waals surface area contributed by atoms with Crippen LogP contribution in [0.5, 0.6) is 0 Å². The maximum Gasteiger partial charge on any atom is 0.243 e. The third-order valence-corrected chi connectivity index (χ3v) is 8.20. The highest BCUT2D eigenvalue weighted by molar-refractivity contribution is 5.96. The van der Waals surface area contributed by atoms with Crippen LogP contribution in [0, 0.1) is 17.8 Å². The zero-order chi connectivity index (χ0) is 41.0. The first-order valence-corrected chi connectivity index (χ1v) is 18.7. The summed E-state index contributed by atoms with van der Waals surface area (Å²) in [5.41, 5.74) is 11.6. The topological polar surface area (TPSA) is 256 Å². The van der Waals surface area contributed by atoms with Gasteiger partial charge in [-0.2, -0.15) is 0 Å². The first-order chi connectivity index (χ1) is 25.3. The Kier molecular flexibility index (Phi) is 21.2. The number of aliphatic imine (C=N–C) groups is 1. The summed E-state index contributed by atoms with van der Waals surface area (Å²) in [6.07, 6.45) is 2.21. The van der Waals surface area contributed by atoms with Crippen molar-refractivity contribution in [2.75, 3.05) is 6.54 Å². The maximum atomic E-state index is 13.8. The highest BCUT2D eigenvalue weighted by Crippen LogP contribution is 2.12. The molecule has 0 saturated heterocycles. The number of rotatable bonds is 24. The fraction of sp³-hybridized carbons (Fsp3) is 0.632. The van der Waals surface area contributed by atoms with Crippen molar-refractivity contribution >= 4 is 47.7 Å². The van der Waals surface area contributed by atoms with Gasteiger partial charge in [-0.3, -0.25) is 33.8 Å². The smallest absolute Gasteiger partial charge is 0.243 e. The molecule has 0 aliphatic rings. The predicted octanol–water partition coefficient (Wildman–Crippen LogP) is 0.569. The standard InChI is InChI=1S/C38H63N9O7/c1-22(2)17-30(35(52)42-25(7)33(50)44-28(21-48)20-27-13-10-9-11-14-27)46-37(54)32(19-24(5)6)47-36(53)31(18-23(3)4)45-34(51)29(43-26(8)49)15-12-16-41-38(39)40/h9-11,13-14,21-25,28-32H,12,15-20H2,1-8H3,(H,42,52)(H,43,49)(H,44,50)(H,45,51)(H,46,54)(H,47,53)(H4,39,40,41)/t25-,28-,29-,30-,31-,32-/m0/s1. The van der Waals surface area contributed by atoms with Crippen molar-refractivity contribution in [3.05, 3.63) is 35.9 Å². The number of nitrogens with two attached hydrogens (primary N) is 2. The van der Waals surface area contributed by atoms with E-state index in [1.807, 2.05) is 71.9 Å². The molecule has 10 N–H and O–H groups in total. The number of carbonyl (C=O) groups excluding carboxylic acids is 7. The largest absolute Gasteiger partial charge is 0.370 e. The van der Waals surface area contributed by atoms with E-state index in [9.17, 15) is 33.6 Å². The highest BCUT2D eigenvalue weighted by Gasteiger charge is 2.33. The summed E-state index contributed by atoms with van der Waals surface area (Å²) in [5, 5.41) is 16.2. The van der Waals surface area contributed by atoms with E-state index < -0.39 is 71.7 Å². The van der Waals surface area contributed by atoms with Crippen molar-refractivity contribution < 1.29 is 33.6 Å². The summed E-state index contributed by atoms with van der Waals surface area (Å²) < 4.78 is 0. The van der Waals surface area contributed by atoms with Gasteiger partial charge in [0.05, 0.1) is 6.04 Å². The number of nitrogens with one attached hydrogen (secondary N) is 6. The molecule has 16 heteroatoms. The summed E-state index contributed by atoms with van der Waals surface area (Å²) in [5.74, 6) is -3.59. The fourth-order valence-electron chi connectivity index (χ4n) is 5.63. The van der Waals surface area contributed by atoms with E-state index in [1.165, 1.54) is 13.8 Å². The second-order valence-electron chi connectivity index (χ2n) is 14.9. The molecule has 0 radical (unpaired) electrons. The fourth-order valence-corrected chi connectivity index (χ4v) is 5.63. The zero-order valence-corrected chi connectivity index (χ0v) is 33.1. The lowest BCUT2D eigenvalue weighted by atomic mass is 9.98. The Morgan fingerprint density at radius 3 is 1.48 bits per heavy atom. The van der Waals surface area contributed by atoms with Gasteiger partial charge < -0.3 is 48.2 Å². The van der Waals surface area contributed by atoms with E-state index in [1.54, 1.807) is 0 Å². The number of aldehydes is 1. The molecule has 0 heterocycles. The minimum absolute atomic E-state index is 0.0297. The molecule has 54 heavy (non-hydrogen) atoms. The molecule has 16 nitrogen and oxygen atoms in total. The first kappa shape index (κ1) is 47.0. The third kappa shape index (κ3) is 19.2. The number of benzene rings is 1. The van der Waals surface area contributed by atoms with Crippen molar-refractivity contribution in [1.82, 2.24) is 31.9 Å². The van der Waals surface area contributed by atoms with Crippen LogP contribution in [0.25, 0.3) is 0 Å². The average molecular weight is 758 g/mol. The second kappa shape index (κ2) is 24.3. The minimum Gasteiger partial charge on any atom is -0.370 e. The summed E-state index contributed by atoms with van der Waals surface area (Å²) in [7, 11) is 0. The molecular weight excluding hydrogens is 694 g/mol. The predicted molar refractivity (Wildman–Crippen MR) is 207 cm³/mol. The Hall–Kier alpha value is -5.02. The number of hydrogen-bond donors (Lipinski definition) is 8. The van der Waals surface area contributed by atoms with Gasteiger partial charge in [0, 0.05) is 13.5 Å². The summed E-state index contributed by atoms with van der Waals surface area (Å²) in [4.78, 5) is 94.9. The van der Waals surface area contributed by atoms with Crippen molar-refractivity contribution in [1.29, 1.82) is 0 Å². The Morgan fingerprint density at radius 2 is 1.07 bits per heavy atom. The molecule has 6 atom stereocenters. The van der Waals surface area contributed by atoms with E-state index in [0.29, 0.717) is 12.7 Å². The molecular formula is C38H63N9O7. The van der Waals surface area contributed by atoms with Crippen LogP contribution in [0.4, 0.5) is 0 Å². The van der Waals surface area contributed by atoms with Crippen LogP contribution in [0.3, 0.4) is 0 Å². The van der Waals surface area contributed by atoms with E-state index in [0.717, 1.165) is 5.56 Å². The van der Waals surface area contributed by atoms with Crippen molar-refractivity contribution in [3.8, 4) is 0 Å². The van der Waals surface area contributed by atoms with Crippen LogP contribution in [0.15, 0.2) is 35.3 Å². The van der Waals surface area contributed by atoms with Gasteiger partial charge >= 0.3 is 0 Å². The van der Waals surface area contributed by atoms with Crippen LogP contribution < -0.4 is 43.4 Å². The van der Waals surface area contributed by atoms with Crippen molar-refractivity contribution in [3.63, 3.8) is 0 Å². The number of guanidine groups is 1. The molecule has 1 aromatic rings. The van der Waals surface area contributed by atoms with E-state index in [4.69, 9.17) is 11.5 Å². The minimum atomic E-state index is -1.07. The third-order valence-electron chi connectivity index (χ3n) is 8.20. The van der Waals surface area contributed by atoms with Crippen molar-refractivity contribution in [2.45, 2.75) is 130 Å². The number of amides is 6. The SMILES string of the molecule is CC(=O)N[C@@H](CCCN=C(N)N)C(=O)N[C@@H](CC(C)C)C(=O)N[C@@H](CC(C)C)C(=O)N[C@@H](CC(C)C)C(=O)N[C@@H](C)C(=O)N[C@H](C=O)Cc1ccccc1. The molecule has 0 aliphatic carbocycles. The maximum absolute atomic E-state index is 13.8. The first-order valence-electron chi connectivity index (χ1n) is 18.7. The van der Waals surface area contributed by atoms with Crippen LogP contribution >= 0.6 is 0 Å². The Bertz CT molecular complexity index is 1410. The lowest BCUT2D eigenvalue weighted by molar-refractivity contribution is -0.135. The molecule has 0 bridgehead atoms. The molecule has 1 aromatic carbocycles. The molecule has 0 aromatic heterocycles. The van der Waals surface area contributed by atoms with Crippen LogP contribution in [0.2, 0.25) is 0 Å². The molecule has 0 saturated carbocycles. The molecule has 0 unspecified atom stereocenters. The van der Waals surface area contributed by atoms with Crippen LogP contribution in [-0.2, 0) is 40.0 Å². The normalized spacial score (nSPS) is 14.4. The quantitative estimate of drug-likeness (QED) is 0.0317. The Labute approximate surface area is 319 Å². The van der Waals surface area contributed by atoms with Gasteiger partial charge in [0.15, 0.2) is 5.96 Å². The number of hydrogen-bond acceptors (Lipinski definition) is 8. The molecule has 0 spiro atoms. The molecule has 6 amide bonds. The molecule has 1 rings (SSSR count). The van der Waals surface area contributed by atoms with Gasteiger partial charge in [-0.25, -0.2) is 0 Å². The van der Waals surface area contributed by atoms with Gasteiger partial charge in [0.2, 0.25) is 35.4 Å². The highest BCUT2D eigenvalue weighted by atomic mass is 16.2. The van der Waals surface area contributed by atoms with Gasteiger partial charge in [-0.05, 0) is 68.8 Å². The van der Waals surface area contributed by atoms with Crippen LogP contribution in [-0.4, -0.2) is 90.5 Å². The van der Waals surface area contributed by atoms with Crippen molar-refractivity contribution in [2.24, 2.45) is 34.2 Å². The van der Waals surface area contributed by atoms with Crippen LogP contribution in [0.1, 0.15) is 93.1 Å². The van der Waals surface area contributed by atoms with E-state index in [2.05, 4.69) is 36.9 Å². The van der Waals surface area contributed by atoms with Gasteiger partial charge in [-0.15, -0.1) is 0 Å². The summed E-state index contributed by atoms with van der Waals surface area (Å²) in [6.45, 7) is 14.3. The number of nitrogens with zero attached hydrogens (tertiary/aromatic N) is 1. The Balaban J connectivity index is 3.11. The molecule has 0 fully saturated rings. The van der Waals surface area contributed by atoms with Gasteiger partial charge in [0.1, 0.15) is 36.5 Å². The summed E-state index contributed by atoms with van der Waals surface area (Å²) in [6, 6.07) is 3.25. The van der Waals surface area contributed by atoms with E-state index >= 15 is 0 Å². The molecule has 302 valence electrons. The average Bonchev–Trinajstić information content (AvgIpc) is 3.07. The lowest BCUT2D eigenvalue weighted by Crippen LogP contribution is -2.59.